The van der Waals surface area contributed by atoms with Crippen LogP contribution >= 0.6 is 0 Å². The molecule has 0 saturated carbocycles. The third-order valence-electron chi connectivity index (χ3n) is 1.38. The molecule has 0 fully saturated rings. The molecule has 0 radical (unpaired) electrons. The van der Waals surface area contributed by atoms with Gasteiger partial charge in [0.15, 0.2) is 0 Å². The van der Waals surface area contributed by atoms with Crippen LogP contribution in [-0.2, 0) is 0 Å². The Bertz CT molecular complexity index is 55.0. The molecule has 9 heavy (non-hydrogen) atoms. The van der Waals surface area contributed by atoms with Crippen molar-refractivity contribution in [2.24, 2.45) is 5.92 Å². The first-order valence-corrected chi connectivity index (χ1v) is 3.36. The van der Waals surface area contributed by atoms with E-state index in [2.05, 4.69) is 5.73 Å². The Balaban J connectivity index is 3.09. The highest BCUT2D eigenvalue weighted by Gasteiger charge is 2.03. The van der Waals surface area contributed by atoms with E-state index in [-0.39, 0.29) is 19.1 Å². The van der Waals surface area contributed by atoms with Crippen molar-refractivity contribution in [3.05, 3.63) is 0 Å². The van der Waals surface area contributed by atoms with E-state index in [0.29, 0.717) is 0 Å². The summed E-state index contributed by atoms with van der Waals surface area (Å²) in [6.07, 6.45) is 1.88. The average Bonchev–Trinajstić information content (AvgIpc) is 1.91. The molecule has 0 heterocycles. The average molecular weight is 134 g/mol. The van der Waals surface area contributed by atoms with Gasteiger partial charge in [-0.1, -0.05) is 0 Å². The van der Waals surface area contributed by atoms with Gasteiger partial charge in [-0.05, 0) is 12.8 Å². The van der Waals surface area contributed by atoms with Crippen molar-refractivity contribution in [2.45, 2.75) is 12.8 Å². The molecule has 0 amide bonds. The first-order chi connectivity index (χ1) is 4.35. The minimum absolute atomic E-state index is 0.0757. The molecule has 0 saturated heterocycles. The fraction of sp³-hybridized carbons (Fsp3) is 1.00. The van der Waals surface area contributed by atoms with E-state index in [0.717, 1.165) is 19.4 Å². The predicted octanol–water partition coefficient (Wildman–Crippen LogP) is -1.39. The Kier molecular flexibility index (Phi) is 5.93. The standard InChI is InChI=1S/C6H15NO2/c7-3-1-2-6(4-8)5-9/h6,8-9H,1-5,7H2/p+1. The minimum atomic E-state index is 0.0757. The van der Waals surface area contributed by atoms with Crippen molar-refractivity contribution in [1.82, 2.24) is 0 Å². The normalized spacial score (nSPS) is 10.7. The highest BCUT2D eigenvalue weighted by atomic mass is 16.3. The zero-order valence-corrected chi connectivity index (χ0v) is 5.71. The summed E-state index contributed by atoms with van der Waals surface area (Å²) in [7, 11) is 0. The molecule has 3 nitrogen and oxygen atoms in total. The predicted molar refractivity (Wildman–Crippen MR) is 34.7 cm³/mol. The maximum atomic E-state index is 8.57. The van der Waals surface area contributed by atoms with Crippen LogP contribution in [0.1, 0.15) is 12.8 Å². The summed E-state index contributed by atoms with van der Waals surface area (Å²) in [5.41, 5.74) is 3.66. The van der Waals surface area contributed by atoms with Crippen LogP contribution in [0.25, 0.3) is 0 Å². The molecule has 56 valence electrons. The first-order valence-electron chi connectivity index (χ1n) is 3.36. The Labute approximate surface area is 55.5 Å². The fourth-order valence-electron chi connectivity index (χ4n) is 0.673. The summed E-state index contributed by atoms with van der Waals surface area (Å²) in [6.45, 7) is 1.07. The molecule has 0 bridgehead atoms. The van der Waals surface area contributed by atoms with Gasteiger partial charge in [-0.2, -0.15) is 0 Å². The molecule has 0 rings (SSSR count). The summed E-state index contributed by atoms with van der Waals surface area (Å²) >= 11 is 0. The van der Waals surface area contributed by atoms with Gasteiger partial charge in [-0.25, -0.2) is 0 Å². The molecular formula is C6H16NO2+. The van der Waals surface area contributed by atoms with Crippen molar-refractivity contribution < 1.29 is 15.9 Å². The van der Waals surface area contributed by atoms with Crippen LogP contribution in [0.2, 0.25) is 0 Å². The molecule has 0 unspecified atom stereocenters. The minimum Gasteiger partial charge on any atom is -0.396 e. The number of aliphatic hydroxyl groups excluding tert-OH is 2. The van der Waals surface area contributed by atoms with Gasteiger partial charge in [0.1, 0.15) is 0 Å². The second kappa shape index (κ2) is 6.01. The van der Waals surface area contributed by atoms with E-state index in [1.165, 1.54) is 0 Å². The quantitative estimate of drug-likeness (QED) is 0.433. The molecule has 0 aliphatic rings. The molecule has 0 atom stereocenters. The Morgan fingerprint density at radius 1 is 1.22 bits per heavy atom. The van der Waals surface area contributed by atoms with E-state index >= 15 is 0 Å². The van der Waals surface area contributed by atoms with E-state index in [9.17, 15) is 0 Å². The Morgan fingerprint density at radius 3 is 2.11 bits per heavy atom. The Hall–Kier alpha value is -0.120. The highest BCUT2D eigenvalue weighted by Crippen LogP contribution is 2.01. The van der Waals surface area contributed by atoms with Crippen LogP contribution in [0.15, 0.2) is 0 Å². The van der Waals surface area contributed by atoms with Gasteiger partial charge in [-0.15, -0.1) is 0 Å². The summed E-state index contributed by atoms with van der Waals surface area (Å²) in [6, 6.07) is 0. The molecule has 0 aromatic rings. The molecule has 0 aromatic carbocycles. The number of aliphatic hydroxyl groups is 2. The van der Waals surface area contributed by atoms with Gasteiger partial charge < -0.3 is 15.9 Å². The van der Waals surface area contributed by atoms with Crippen molar-refractivity contribution >= 4 is 0 Å². The molecule has 0 aliphatic carbocycles. The smallest absolute Gasteiger partial charge is 0.0739 e. The number of quaternary nitrogens is 1. The zero-order valence-electron chi connectivity index (χ0n) is 5.71. The zero-order chi connectivity index (χ0) is 7.11. The number of rotatable bonds is 5. The molecule has 0 aliphatic heterocycles. The Morgan fingerprint density at radius 2 is 1.78 bits per heavy atom. The van der Waals surface area contributed by atoms with Crippen LogP contribution in [0.5, 0.6) is 0 Å². The highest BCUT2D eigenvalue weighted by molar-refractivity contribution is 4.53. The second-order valence-electron chi connectivity index (χ2n) is 2.23. The van der Waals surface area contributed by atoms with E-state index in [4.69, 9.17) is 10.2 Å². The summed E-state index contributed by atoms with van der Waals surface area (Å²) in [5.74, 6) is 0.0757. The van der Waals surface area contributed by atoms with Crippen LogP contribution in [-0.4, -0.2) is 30.0 Å². The van der Waals surface area contributed by atoms with Gasteiger partial charge in [0.25, 0.3) is 0 Å². The lowest BCUT2D eigenvalue weighted by Crippen LogP contribution is -2.50. The van der Waals surface area contributed by atoms with Crippen molar-refractivity contribution in [2.75, 3.05) is 19.8 Å². The van der Waals surface area contributed by atoms with Crippen LogP contribution in [0.4, 0.5) is 0 Å². The third-order valence-corrected chi connectivity index (χ3v) is 1.38. The van der Waals surface area contributed by atoms with E-state index < -0.39 is 0 Å². The SMILES string of the molecule is [NH3+]CCCC(CO)CO. The molecule has 0 aromatic heterocycles. The summed E-state index contributed by atoms with van der Waals surface area (Å²) in [4.78, 5) is 0. The van der Waals surface area contributed by atoms with Gasteiger partial charge in [0, 0.05) is 19.1 Å². The molecule has 3 heteroatoms. The van der Waals surface area contributed by atoms with Crippen molar-refractivity contribution in [3.63, 3.8) is 0 Å². The van der Waals surface area contributed by atoms with Crippen LogP contribution in [0.3, 0.4) is 0 Å². The topological polar surface area (TPSA) is 68.1 Å². The largest absolute Gasteiger partial charge is 0.396 e. The number of hydrogen-bond acceptors (Lipinski definition) is 2. The van der Waals surface area contributed by atoms with Crippen molar-refractivity contribution in [1.29, 1.82) is 0 Å². The first kappa shape index (κ1) is 8.88. The number of hydrogen-bond donors (Lipinski definition) is 3. The van der Waals surface area contributed by atoms with Gasteiger partial charge in [-0.3, -0.25) is 0 Å². The van der Waals surface area contributed by atoms with Gasteiger partial charge in [0.2, 0.25) is 0 Å². The maximum Gasteiger partial charge on any atom is 0.0739 e. The van der Waals surface area contributed by atoms with Crippen LogP contribution < -0.4 is 5.73 Å². The summed E-state index contributed by atoms with van der Waals surface area (Å²) < 4.78 is 0. The van der Waals surface area contributed by atoms with E-state index in [1.807, 2.05) is 0 Å². The maximum absolute atomic E-state index is 8.57. The summed E-state index contributed by atoms with van der Waals surface area (Å²) in [5, 5.41) is 17.1. The fourth-order valence-corrected chi connectivity index (χ4v) is 0.673. The molecular weight excluding hydrogens is 118 g/mol. The molecule has 0 spiro atoms. The second-order valence-corrected chi connectivity index (χ2v) is 2.23. The monoisotopic (exact) mass is 134 g/mol. The van der Waals surface area contributed by atoms with E-state index in [1.54, 1.807) is 0 Å². The lowest BCUT2D eigenvalue weighted by Gasteiger charge is -2.07. The lowest BCUT2D eigenvalue weighted by molar-refractivity contribution is -0.368. The van der Waals surface area contributed by atoms with Crippen molar-refractivity contribution in [3.8, 4) is 0 Å². The third kappa shape index (κ3) is 4.39. The lowest BCUT2D eigenvalue weighted by atomic mass is 10.1. The van der Waals surface area contributed by atoms with Crippen LogP contribution in [0, 0.1) is 5.92 Å². The van der Waals surface area contributed by atoms with Gasteiger partial charge >= 0.3 is 0 Å². The van der Waals surface area contributed by atoms with Gasteiger partial charge in [0.05, 0.1) is 6.54 Å². The molecule has 5 N–H and O–H groups in total.